The summed E-state index contributed by atoms with van der Waals surface area (Å²) >= 11 is 0. The van der Waals surface area contributed by atoms with Gasteiger partial charge < -0.3 is 0 Å². The maximum absolute atomic E-state index is 5.85. The average molecular weight is 216 g/mol. The van der Waals surface area contributed by atoms with Gasteiger partial charge in [0, 0.05) is 12.1 Å². The fourth-order valence-electron chi connectivity index (χ4n) is 1.60. The Bertz CT molecular complexity index is 436. The Labute approximate surface area is 94.8 Å². The van der Waals surface area contributed by atoms with Crippen LogP contribution in [-0.4, -0.2) is 0 Å². The molecule has 0 amide bonds. The van der Waals surface area contributed by atoms with Crippen LogP contribution in [0.2, 0.25) is 0 Å². The lowest BCUT2D eigenvalue weighted by atomic mass is 10.4. The summed E-state index contributed by atoms with van der Waals surface area (Å²) in [7, 11) is 0. The summed E-state index contributed by atoms with van der Waals surface area (Å²) in [5.41, 5.74) is 11.7. The van der Waals surface area contributed by atoms with Gasteiger partial charge in [0.15, 0.2) is 0 Å². The van der Waals surface area contributed by atoms with Crippen molar-refractivity contribution in [2.75, 3.05) is 11.5 Å². The Balaban J connectivity index is 2.09. The highest BCUT2D eigenvalue weighted by Crippen LogP contribution is 1.93. The molecule has 0 aliphatic rings. The van der Waals surface area contributed by atoms with Gasteiger partial charge in [-0.3, -0.25) is 11.5 Å². The van der Waals surface area contributed by atoms with Crippen LogP contribution < -0.4 is 20.6 Å². The molecule has 0 unspecified atom stereocenters. The van der Waals surface area contributed by atoms with Gasteiger partial charge in [-0.1, -0.05) is 12.1 Å². The normalized spacial score (nSPS) is 10.2. The molecule has 0 atom stereocenters. The van der Waals surface area contributed by atoms with Gasteiger partial charge in [0.2, 0.25) is 0 Å². The molecule has 82 valence electrons. The van der Waals surface area contributed by atoms with Crippen LogP contribution >= 0.6 is 0 Å². The molecule has 0 radical (unpaired) electrons. The van der Waals surface area contributed by atoms with E-state index in [-0.39, 0.29) is 0 Å². The fraction of sp³-hybridized carbons (Fsp3) is 0.167. The number of pyridine rings is 2. The summed E-state index contributed by atoms with van der Waals surface area (Å²) in [6.07, 6.45) is 3.93. The van der Waals surface area contributed by atoms with Crippen LogP contribution in [0.25, 0.3) is 0 Å². The third kappa shape index (κ3) is 2.28. The molecule has 0 aromatic carbocycles. The Morgan fingerprint density at radius 1 is 0.750 bits per heavy atom. The molecule has 2 aromatic heterocycles. The number of nitrogens with two attached hydrogens (primary N) is 2. The number of anilines is 2. The van der Waals surface area contributed by atoms with Crippen LogP contribution in [0, 0.1) is 0 Å². The van der Waals surface area contributed by atoms with E-state index in [1.54, 1.807) is 0 Å². The zero-order valence-corrected chi connectivity index (χ0v) is 9.08. The first-order valence-corrected chi connectivity index (χ1v) is 5.25. The lowest BCUT2D eigenvalue weighted by Crippen LogP contribution is -2.46. The van der Waals surface area contributed by atoms with E-state index in [0.717, 1.165) is 24.7 Å². The van der Waals surface area contributed by atoms with E-state index in [4.69, 9.17) is 11.5 Å². The van der Waals surface area contributed by atoms with Crippen molar-refractivity contribution in [1.29, 1.82) is 0 Å². The van der Waals surface area contributed by atoms with E-state index >= 15 is 0 Å². The second-order valence-electron chi connectivity index (χ2n) is 3.64. The van der Waals surface area contributed by atoms with Crippen LogP contribution in [0.1, 0.15) is 0 Å². The molecule has 0 saturated carbocycles. The average Bonchev–Trinajstić information content (AvgIpc) is 2.30. The van der Waals surface area contributed by atoms with E-state index in [9.17, 15) is 0 Å². The van der Waals surface area contributed by atoms with Crippen molar-refractivity contribution < 1.29 is 9.13 Å². The fourth-order valence-corrected chi connectivity index (χ4v) is 1.60. The van der Waals surface area contributed by atoms with E-state index < -0.39 is 0 Å². The number of aryl methyl sites for hydroxylation is 2. The number of nitrogens with zero attached hydrogens (tertiary/aromatic N) is 2. The van der Waals surface area contributed by atoms with Crippen molar-refractivity contribution in [2.45, 2.75) is 13.1 Å². The minimum absolute atomic E-state index is 0.762. The topological polar surface area (TPSA) is 59.8 Å². The number of rotatable bonds is 3. The second kappa shape index (κ2) is 4.61. The molecule has 2 heterocycles. The van der Waals surface area contributed by atoms with Crippen molar-refractivity contribution in [2.24, 2.45) is 0 Å². The summed E-state index contributed by atoms with van der Waals surface area (Å²) in [5, 5.41) is 0. The summed E-state index contributed by atoms with van der Waals surface area (Å²) < 4.78 is 4.00. The van der Waals surface area contributed by atoms with Gasteiger partial charge in [0.25, 0.3) is 11.6 Å². The molecule has 0 spiro atoms. The molecule has 0 saturated heterocycles. The van der Waals surface area contributed by atoms with Crippen LogP contribution in [0.3, 0.4) is 0 Å². The van der Waals surface area contributed by atoms with E-state index in [2.05, 4.69) is 0 Å². The Morgan fingerprint density at radius 3 is 1.56 bits per heavy atom. The van der Waals surface area contributed by atoms with Gasteiger partial charge in [-0.05, 0) is 12.1 Å². The zero-order valence-electron chi connectivity index (χ0n) is 9.08. The smallest absolute Gasteiger partial charge is 0.272 e. The number of aromatic nitrogens is 2. The van der Waals surface area contributed by atoms with Crippen LogP contribution in [0.4, 0.5) is 11.6 Å². The molecule has 16 heavy (non-hydrogen) atoms. The summed E-state index contributed by atoms with van der Waals surface area (Å²) in [5.74, 6) is 1.52. The van der Waals surface area contributed by atoms with Gasteiger partial charge >= 0.3 is 0 Å². The molecular weight excluding hydrogens is 200 g/mol. The third-order valence-electron chi connectivity index (χ3n) is 2.53. The molecule has 4 heteroatoms. The first kappa shape index (κ1) is 10.4. The Morgan fingerprint density at radius 2 is 1.19 bits per heavy atom. The van der Waals surface area contributed by atoms with Crippen LogP contribution in [-0.2, 0) is 13.1 Å². The Hall–Kier alpha value is -2.10. The van der Waals surface area contributed by atoms with Crippen molar-refractivity contribution >= 4 is 11.6 Å². The van der Waals surface area contributed by atoms with Gasteiger partial charge in [-0.2, -0.15) is 0 Å². The quantitative estimate of drug-likeness (QED) is 0.716. The standard InChI is InChI=1S/C12H14N4/c13-11-5-1-3-7-15(11)9-10-16-8-4-2-6-12(16)14/h1-8,13-14H,9-10H2/p+2. The van der Waals surface area contributed by atoms with Crippen molar-refractivity contribution in [3.63, 3.8) is 0 Å². The molecule has 0 fully saturated rings. The van der Waals surface area contributed by atoms with Crippen molar-refractivity contribution in [3.05, 3.63) is 48.8 Å². The lowest BCUT2D eigenvalue weighted by molar-refractivity contribution is -0.765. The largest absolute Gasteiger partial charge is 0.287 e. The van der Waals surface area contributed by atoms with Gasteiger partial charge in [-0.15, -0.1) is 0 Å². The lowest BCUT2D eigenvalue weighted by Gasteiger charge is -2.03. The molecule has 0 bridgehead atoms. The summed E-state index contributed by atoms with van der Waals surface area (Å²) in [4.78, 5) is 0. The number of nitrogen functional groups attached to an aromatic ring is 2. The predicted molar refractivity (Wildman–Crippen MR) is 62.1 cm³/mol. The van der Waals surface area contributed by atoms with E-state index in [0.29, 0.717) is 0 Å². The molecule has 2 aromatic rings. The van der Waals surface area contributed by atoms with Crippen molar-refractivity contribution in [3.8, 4) is 0 Å². The molecular formula is C12H16N4+2. The van der Waals surface area contributed by atoms with Crippen LogP contribution in [0.5, 0.6) is 0 Å². The summed E-state index contributed by atoms with van der Waals surface area (Å²) in [6, 6.07) is 11.6. The van der Waals surface area contributed by atoms with Crippen molar-refractivity contribution in [1.82, 2.24) is 0 Å². The van der Waals surface area contributed by atoms with Gasteiger partial charge in [-0.25, -0.2) is 9.13 Å². The minimum atomic E-state index is 0.762. The van der Waals surface area contributed by atoms with Gasteiger partial charge in [0.05, 0.1) is 12.4 Å². The monoisotopic (exact) mass is 216 g/mol. The second-order valence-corrected chi connectivity index (χ2v) is 3.64. The number of hydrogen-bond donors (Lipinski definition) is 2. The summed E-state index contributed by atoms with van der Waals surface area (Å²) in [6.45, 7) is 1.62. The predicted octanol–water partition coefficient (Wildman–Crippen LogP) is 0.126. The highest BCUT2D eigenvalue weighted by molar-refractivity contribution is 5.19. The van der Waals surface area contributed by atoms with Gasteiger partial charge in [0.1, 0.15) is 13.1 Å². The highest BCUT2D eigenvalue weighted by atomic mass is 15.1. The zero-order chi connectivity index (χ0) is 11.4. The van der Waals surface area contributed by atoms with E-state index in [1.165, 1.54) is 0 Å². The number of hydrogen-bond acceptors (Lipinski definition) is 2. The molecule has 0 aliphatic heterocycles. The maximum atomic E-state index is 5.85. The van der Waals surface area contributed by atoms with Crippen LogP contribution in [0.15, 0.2) is 48.8 Å². The molecule has 2 rings (SSSR count). The SMILES string of the molecule is Nc1cccc[n+]1CC[n+]1ccccc1N. The third-order valence-corrected chi connectivity index (χ3v) is 2.53. The first-order chi connectivity index (χ1) is 7.77. The molecule has 4 nitrogen and oxygen atoms in total. The Kier molecular flexibility index (Phi) is 3.00. The first-order valence-electron chi connectivity index (χ1n) is 5.25. The van der Waals surface area contributed by atoms with E-state index in [1.807, 2.05) is 57.9 Å². The highest BCUT2D eigenvalue weighted by Gasteiger charge is 2.06. The molecule has 4 N–H and O–H groups in total. The minimum Gasteiger partial charge on any atom is -0.287 e. The molecule has 0 aliphatic carbocycles. The maximum Gasteiger partial charge on any atom is 0.272 e.